The topological polar surface area (TPSA) is 38.7 Å². The number of hydrogen-bond acceptors (Lipinski definition) is 4. The Morgan fingerprint density at radius 2 is 1.66 bits per heavy atom. The molecule has 0 aliphatic heterocycles. The molecule has 0 spiro atoms. The first kappa shape index (κ1) is 19.8. The molecular formula is C27H20BrN3S. The van der Waals surface area contributed by atoms with Crippen molar-refractivity contribution in [3.8, 4) is 11.4 Å². The van der Waals surface area contributed by atoms with Gasteiger partial charge in [0.25, 0.3) is 0 Å². The third-order valence-electron chi connectivity index (χ3n) is 5.87. The molecular weight excluding hydrogens is 478 g/mol. The van der Waals surface area contributed by atoms with Gasteiger partial charge in [0, 0.05) is 41.7 Å². The average molecular weight is 498 g/mol. The molecule has 0 atom stereocenters. The van der Waals surface area contributed by atoms with Crippen LogP contribution in [0.25, 0.3) is 32.6 Å². The zero-order valence-corrected chi connectivity index (χ0v) is 19.8. The lowest BCUT2D eigenvalue weighted by molar-refractivity contribution is 0.964. The van der Waals surface area contributed by atoms with Crippen molar-refractivity contribution in [3.63, 3.8) is 0 Å². The number of aromatic nitrogens is 3. The Kier molecular flexibility index (Phi) is 5.08. The molecule has 0 N–H and O–H groups in total. The van der Waals surface area contributed by atoms with E-state index in [4.69, 9.17) is 15.0 Å². The van der Waals surface area contributed by atoms with E-state index in [2.05, 4.69) is 70.6 Å². The van der Waals surface area contributed by atoms with Crippen LogP contribution in [0.5, 0.6) is 0 Å². The van der Waals surface area contributed by atoms with Gasteiger partial charge in [-0.05, 0) is 43.9 Å². The van der Waals surface area contributed by atoms with Gasteiger partial charge in [-0.15, -0.1) is 11.3 Å². The molecule has 2 aromatic carbocycles. The zero-order valence-electron chi connectivity index (χ0n) is 17.4. The van der Waals surface area contributed by atoms with E-state index < -0.39 is 0 Å². The lowest BCUT2D eigenvalue weighted by Gasteiger charge is -2.16. The second-order valence-electron chi connectivity index (χ2n) is 8.01. The summed E-state index contributed by atoms with van der Waals surface area (Å²) in [4.78, 5) is 16.3. The van der Waals surface area contributed by atoms with E-state index in [9.17, 15) is 0 Å². The molecule has 0 saturated carbocycles. The summed E-state index contributed by atoms with van der Waals surface area (Å²) in [6.07, 6.45) is 13.0. The summed E-state index contributed by atoms with van der Waals surface area (Å²) >= 11 is 5.54. The summed E-state index contributed by atoms with van der Waals surface area (Å²) in [7, 11) is 0. The van der Waals surface area contributed by atoms with Gasteiger partial charge in [-0.2, -0.15) is 0 Å². The number of benzene rings is 2. The summed E-state index contributed by atoms with van der Waals surface area (Å²) in [6.45, 7) is 0. The predicted octanol–water partition coefficient (Wildman–Crippen LogP) is 7.63. The third kappa shape index (κ3) is 3.55. The van der Waals surface area contributed by atoms with Gasteiger partial charge in [0.1, 0.15) is 0 Å². The van der Waals surface area contributed by atoms with E-state index in [0.29, 0.717) is 0 Å². The normalized spacial score (nSPS) is 15.4. The second-order valence-corrected chi connectivity index (χ2v) is 10.1. The summed E-state index contributed by atoms with van der Waals surface area (Å²) in [5.41, 5.74) is 4.48. The molecule has 0 amide bonds. The fourth-order valence-corrected chi connectivity index (χ4v) is 5.94. The lowest BCUT2D eigenvalue weighted by atomic mass is 9.94. The Labute approximate surface area is 199 Å². The van der Waals surface area contributed by atoms with Crippen molar-refractivity contribution in [3.05, 3.63) is 99.4 Å². The van der Waals surface area contributed by atoms with Crippen molar-refractivity contribution in [1.82, 2.24) is 15.0 Å². The van der Waals surface area contributed by atoms with Crippen LogP contribution < -0.4 is 0 Å². The number of aryl methyl sites for hydroxylation is 1. The minimum Gasteiger partial charge on any atom is -0.208 e. The molecule has 156 valence electrons. The highest BCUT2D eigenvalue weighted by Crippen LogP contribution is 2.42. The molecule has 5 heteroatoms. The molecule has 2 heterocycles. The minimum atomic E-state index is 0.721. The summed E-state index contributed by atoms with van der Waals surface area (Å²) in [6, 6.07) is 16.7. The predicted molar refractivity (Wildman–Crippen MR) is 137 cm³/mol. The second kappa shape index (κ2) is 8.23. The highest BCUT2D eigenvalue weighted by molar-refractivity contribution is 9.10. The van der Waals surface area contributed by atoms with Gasteiger partial charge in [0.15, 0.2) is 17.5 Å². The Morgan fingerprint density at radius 3 is 2.50 bits per heavy atom. The average Bonchev–Trinajstić information content (AvgIpc) is 3.23. The maximum atomic E-state index is 5.00. The van der Waals surface area contributed by atoms with Gasteiger partial charge >= 0.3 is 0 Å². The molecule has 2 aromatic heterocycles. The van der Waals surface area contributed by atoms with E-state index in [1.54, 1.807) is 0 Å². The number of nitrogens with zero attached hydrogens (tertiary/aromatic N) is 3. The molecule has 6 rings (SSSR count). The number of rotatable bonds is 3. The zero-order chi connectivity index (χ0) is 21.5. The van der Waals surface area contributed by atoms with Crippen LogP contribution in [-0.4, -0.2) is 15.0 Å². The van der Waals surface area contributed by atoms with E-state index in [1.807, 2.05) is 29.5 Å². The van der Waals surface area contributed by atoms with Gasteiger partial charge in [0.2, 0.25) is 0 Å². The SMILES string of the molecule is Brc1ccc2sc3c(c2c1)C(c1nc(C2=CCCC=C2)nc(-c2ccccc2)n1)=CCC3. The Morgan fingerprint density at radius 1 is 0.812 bits per heavy atom. The number of hydrogen-bond donors (Lipinski definition) is 0. The maximum Gasteiger partial charge on any atom is 0.164 e. The first-order valence-corrected chi connectivity index (χ1v) is 12.5. The standard InChI is InChI=1S/C27H20BrN3S/c28-19-14-15-22-21(16-19)24-20(12-7-13-23(24)32-22)27-30-25(17-8-3-1-4-9-17)29-26(31-27)18-10-5-2-6-11-18/h1,3-5,8-12,14-16H,2,6-7,13H2. The molecule has 0 radical (unpaired) electrons. The van der Waals surface area contributed by atoms with Crippen molar-refractivity contribution in [2.24, 2.45) is 0 Å². The van der Waals surface area contributed by atoms with Gasteiger partial charge < -0.3 is 0 Å². The van der Waals surface area contributed by atoms with Gasteiger partial charge in [-0.25, -0.2) is 15.0 Å². The van der Waals surface area contributed by atoms with Crippen LogP contribution in [0.15, 0.2) is 77.3 Å². The van der Waals surface area contributed by atoms with Crippen LogP contribution in [0.3, 0.4) is 0 Å². The third-order valence-corrected chi connectivity index (χ3v) is 7.60. The maximum absolute atomic E-state index is 5.00. The van der Waals surface area contributed by atoms with Crippen LogP contribution in [0, 0.1) is 0 Å². The van der Waals surface area contributed by atoms with Crippen molar-refractivity contribution in [2.75, 3.05) is 0 Å². The lowest BCUT2D eigenvalue weighted by Crippen LogP contribution is -2.08. The Bertz CT molecular complexity index is 1430. The van der Waals surface area contributed by atoms with Crippen LogP contribution in [-0.2, 0) is 6.42 Å². The number of thiophene rings is 1. The Hall–Kier alpha value is -2.89. The largest absolute Gasteiger partial charge is 0.208 e. The molecule has 2 aliphatic carbocycles. The first-order chi connectivity index (χ1) is 15.8. The van der Waals surface area contributed by atoms with E-state index in [-0.39, 0.29) is 0 Å². The highest BCUT2D eigenvalue weighted by Gasteiger charge is 2.24. The van der Waals surface area contributed by atoms with E-state index in [0.717, 1.165) is 64.3 Å². The van der Waals surface area contributed by atoms with Crippen molar-refractivity contribution in [1.29, 1.82) is 0 Å². The molecule has 0 bridgehead atoms. The van der Waals surface area contributed by atoms with Crippen molar-refractivity contribution in [2.45, 2.75) is 25.7 Å². The monoisotopic (exact) mass is 497 g/mol. The fourth-order valence-electron chi connectivity index (χ4n) is 4.37. The quantitative estimate of drug-likeness (QED) is 0.292. The summed E-state index contributed by atoms with van der Waals surface area (Å²) in [5, 5.41) is 1.27. The molecule has 0 fully saturated rings. The summed E-state index contributed by atoms with van der Waals surface area (Å²) in [5.74, 6) is 2.23. The summed E-state index contributed by atoms with van der Waals surface area (Å²) < 4.78 is 2.40. The van der Waals surface area contributed by atoms with E-state index in [1.165, 1.54) is 20.5 Å². The van der Waals surface area contributed by atoms with E-state index >= 15 is 0 Å². The minimum absolute atomic E-state index is 0.721. The molecule has 0 saturated heterocycles. The number of allylic oxidation sites excluding steroid dienone is 5. The van der Waals surface area contributed by atoms with Gasteiger partial charge in [-0.3, -0.25) is 0 Å². The molecule has 2 aliphatic rings. The number of fused-ring (bicyclic) bond motifs is 3. The fraction of sp³-hybridized carbons (Fsp3) is 0.148. The van der Waals surface area contributed by atoms with Crippen LogP contribution >= 0.6 is 27.3 Å². The highest BCUT2D eigenvalue weighted by atomic mass is 79.9. The molecule has 3 nitrogen and oxygen atoms in total. The number of halogens is 1. The first-order valence-electron chi connectivity index (χ1n) is 10.9. The van der Waals surface area contributed by atoms with Crippen LogP contribution in [0.1, 0.15) is 41.4 Å². The Balaban J connectivity index is 1.57. The van der Waals surface area contributed by atoms with Crippen molar-refractivity contribution >= 4 is 48.5 Å². The van der Waals surface area contributed by atoms with Gasteiger partial charge in [-0.1, -0.05) is 70.6 Å². The van der Waals surface area contributed by atoms with Crippen LogP contribution in [0.4, 0.5) is 0 Å². The molecule has 32 heavy (non-hydrogen) atoms. The van der Waals surface area contributed by atoms with Crippen LogP contribution in [0.2, 0.25) is 0 Å². The molecule has 0 unspecified atom stereocenters. The smallest absolute Gasteiger partial charge is 0.164 e. The molecule has 4 aromatic rings. The van der Waals surface area contributed by atoms with Gasteiger partial charge in [0.05, 0.1) is 0 Å². The van der Waals surface area contributed by atoms with Crippen molar-refractivity contribution < 1.29 is 0 Å².